The Bertz CT molecular complexity index is 1560. The molecule has 3 aromatic carbocycles. The van der Waals surface area contributed by atoms with E-state index in [1.807, 2.05) is 0 Å². The highest BCUT2D eigenvalue weighted by molar-refractivity contribution is 6.37. The molecule has 0 radical (unpaired) electrons. The Morgan fingerprint density at radius 2 is 1.61 bits per heavy atom. The quantitative estimate of drug-likeness (QED) is 0.223. The SMILES string of the molecule is O=C(O)C(=O)CC(=O)c1cn(Cc2ccc(F)cc2)c2ccc(C(=O)Nc3ccccc3)cc2c1=O. The first-order valence-corrected chi connectivity index (χ1v) is 10.8. The minimum atomic E-state index is -1.78. The summed E-state index contributed by atoms with van der Waals surface area (Å²) >= 11 is 0. The number of nitrogens with zero attached hydrogens (tertiary/aromatic N) is 1. The molecule has 0 saturated heterocycles. The second kappa shape index (κ2) is 10.1. The van der Waals surface area contributed by atoms with E-state index in [4.69, 9.17) is 5.11 Å². The van der Waals surface area contributed by atoms with E-state index in [2.05, 4.69) is 5.32 Å². The minimum Gasteiger partial charge on any atom is -0.475 e. The molecule has 0 saturated carbocycles. The molecule has 0 bridgehead atoms. The summed E-state index contributed by atoms with van der Waals surface area (Å²) in [5.74, 6) is -5.00. The van der Waals surface area contributed by atoms with Crippen LogP contribution >= 0.6 is 0 Å². The van der Waals surface area contributed by atoms with Gasteiger partial charge in [-0.25, -0.2) is 9.18 Å². The zero-order chi connectivity index (χ0) is 25.8. The predicted octanol–water partition coefficient (Wildman–Crippen LogP) is 3.67. The van der Waals surface area contributed by atoms with Crippen LogP contribution in [-0.2, 0) is 16.1 Å². The molecule has 4 aromatic rings. The number of pyridine rings is 1. The number of halogens is 1. The molecule has 0 fully saturated rings. The van der Waals surface area contributed by atoms with E-state index >= 15 is 0 Å². The fourth-order valence-electron chi connectivity index (χ4n) is 3.70. The summed E-state index contributed by atoms with van der Waals surface area (Å²) in [6.45, 7) is 0.139. The zero-order valence-electron chi connectivity index (χ0n) is 18.7. The lowest BCUT2D eigenvalue weighted by Crippen LogP contribution is -2.24. The van der Waals surface area contributed by atoms with Gasteiger partial charge < -0.3 is 15.0 Å². The molecule has 2 N–H and O–H groups in total. The Morgan fingerprint density at radius 3 is 2.28 bits per heavy atom. The summed E-state index contributed by atoms with van der Waals surface area (Å²) < 4.78 is 14.9. The van der Waals surface area contributed by atoms with Crippen LogP contribution in [0.15, 0.2) is 83.8 Å². The van der Waals surface area contributed by atoms with Crippen LogP contribution in [0.1, 0.15) is 32.7 Å². The second-order valence-corrected chi connectivity index (χ2v) is 8.01. The lowest BCUT2D eigenvalue weighted by molar-refractivity contribution is -0.148. The summed E-state index contributed by atoms with van der Waals surface area (Å²) in [7, 11) is 0. The van der Waals surface area contributed by atoms with Crippen LogP contribution in [0.4, 0.5) is 10.1 Å². The summed E-state index contributed by atoms with van der Waals surface area (Å²) in [6, 6.07) is 18.7. The second-order valence-electron chi connectivity index (χ2n) is 8.01. The first-order chi connectivity index (χ1) is 17.2. The van der Waals surface area contributed by atoms with Crippen molar-refractivity contribution in [2.24, 2.45) is 0 Å². The molecule has 0 aliphatic carbocycles. The average molecular weight is 486 g/mol. The number of amides is 1. The third-order valence-electron chi connectivity index (χ3n) is 5.50. The monoisotopic (exact) mass is 486 g/mol. The molecule has 8 nitrogen and oxygen atoms in total. The van der Waals surface area contributed by atoms with Gasteiger partial charge in [0.05, 0.1) is 17.5 Å². The molecule has 0 atom stereocenters. The molecule has 0 aliphatic heterocycles. The Morgan fingerprint density at radius 1 is 0.917 bits per heavy atom. The number of rotatable bonds is 8. The van der Waals surface area contributed by atoms with Crippen molar-refractivity contribution >= 4 is 40.0 Å². The highest BCUT2D eigenvalue weighted by atomic mass is 19.1. The largest absolute Gasteiger partial charge is 0.475 e. The zero-order valence-corrected chi connectivity index (χ0v) is 18.7. The van der Waals surface area contributed by atoms with Gasteiger partial charge in [0.2, 0.25) is 5.78 Å². The van der Waals surface area contributed by atoms with Crippen molar-refractivity contribution in [3.05, 3.63) is 112 Å². The van der Waals surface area contributed by atoms with Crippen molar-refractivity contribution in [1.82, 2.24) is 4.57 Å². The molecule has 1 amide bonds. The first-order valence-electron chi connectivity index (χ1n) is 10.8. The smallest absolute Gasteiger partial charge is 0.372 e. The third kappa shape index (κ3) is 5.25. The maximum atomic E-state index is 13.4. The molecule has 1 aromatic heterocycles. The van der Waals surface area contributed by atoms with Crippen molar-refractivity contribution in [3.8, 4) is 0 Å². The van der Waals surface area contributed by atoms with E-state index in [1.165, 1.54) is 42.6 Å². The minimum absolute atomic E-state index is 0.0337. The maximum Gasteiger partial charge on any atom is 0.372 e. The van der Waals surface area contributed by atoms with E-state index in [0.717, 1.165) is 0 Å². The number of fused-ring (bicyclic) bond motifs is 1. The normalized spacial score (nSPS) is 10.7. The van der Waals surface area contributed by atoms with Gasteiger partial charge in [0, 0.05) is 29.4 Å². The van der Waals surface area contributed by atoms with E-state index in [1.54, 1.807) is 41.0 Å². The summed E-state index contributed by atoms with van der Waals surface area (Å²) in [4.78, 5) is 61.2. The molecule has 4 rings (SSSR count). The molecule has 9 heteroatoms. The summed E-state index contributed by atoms with van der Waals surface area (Å²) in [5, 5.41) is 11.6. The molecule has 0 spiro atoms. The number of hydrogen-bond acceptors (Lipinski definition) is 5. The number of carboxylic acid groups (broad SMARTS) is 1. The molecule has 180 valence electrons. The number of carbonyl (C=O) groups excluding carboxylic acids is 3. The molecule has 36 heavy (non-hydrogen) atoms. The lowest BCUT2D eigenvalue weighted by atomic mass is 10.0. The van der Waals surface area contributed by atoms with Crippen molar-refractivity contribution < 1.29 is 28.7 Å². The van der Waals surface area contributed by atoms with Crippen LogP contribution in [0.25, 0.3) is 10.9 Å². The number of hydrogen-bond donors (Lipinski definition) is 2. The number of Topliss-reactive ketones (excluding diaryl/α,β-unsaturated/α-hetero) is 2. The number of para-hydroxylation sites is 1. The van der Waals surface area contributed by atoms with Gasteiger partial charge in [-0.15, -0.1) is 0 Å². The predicted molar refractivity (Wildman–Crippen MR) is 130 cm³/mol. The lowest BCUT2D eigenvalue weighted by Gasteiger charge is -2.14. The standard InChI is InChI=1S/C27H19FN2O6/c28-18-9-6-16(7-10-18)14-30-15-21(23(31)13-24(32)27(35)36)25(33)20-12-17(8-11-22(20)30)26(34)29-19-4-2-1-3-5-19/h1-12,15H,13-14H2,(H,29,34)(H,35,36). The van der Waals surface area contributed by atoms with Crippen molar-refractivity contribution in [1.29, 1.82) is 0 Å². The maximum absolute atomic E-state index is 13.4. The number of carbonyl (C=O) groups is 4. The van der Waals surface area contributed by atoms with Gasteiger partial charge in [-0.05, 0) is 48.0 Å². The van der Waals surface area contributed by atoms with Crippen LogP contribution < -0.4 is 10.7 Å². The van der Waals surface area contributed by atoms with Crippen molar-refractivity contribution in [2.75, 3.05) is 5.32 Å². The van der Waals surface area contributed by atoms with E-state index in [0.29, 0.717) is 16.8 Å². The highest BCUT2D eigenvalue weighted by Crippen LogP contribution is 2.19. The number of ketones is 2. The highest BCUT2D eigenvalue weighted by Gasteiger charge is 2.22. The van der Waals surface area contributed by atoms with Gasteiger partial charge in [-0.1, -0.05) is 30.3 Å². The Kier molecular flexibility index (Phi) is 6.82. The van der Waals surface area contributed by atoms with Crippen molar-refractivity contribution in [2.45, 2.75) is 13.0 Å². The van der Waals surface area contributed by atoms with Gasteiger partial charge in [0.15, 0.2) is 11.2 Å². The number of nitrogens with one attached hydrogen (secondary N) is 1. The Balaban J connectivity index is 1.81. The van der Waals surface area contributed by atoms with E-state index < -0.39 is 41.1 Å². The Hall–Kier alpha value is -4.92. The number of carboxylic acids is 1. The van der Waals surface area contributed by atoms with Crippen LogP contribution in [0.2, 0.25) is 0 Å². The number of anilines is 1. The van der Waals surface area contributed by atoms with Gasteiger partial charge >= 0.3 is 5.97 Å². The van der Waals surface area contributed by atoms with Gasteiger partial charge in [-0.3, -0.25) is 19.2 Å². The van der Waals surface area contributed by atoms with Gasteiger partial charge in [0.25, 0.3) is 5.91 Å². The van der Waals surface area contributed by atoms with Crippen molar-refractivity contribution in [3.63, 3.8) is 0 Å². The van der Waals surface area contributed by atoms with Crippen LogP contribution in [-0.4, -0.2) is 33.1 Å². The third-order valence-corrected chi connectivity index (χ3v) is 5.50. The van der Waals surface area contributed by atoms with Crippen LogP contribution in [0.5, 0.6) is 0 Å². The van der Waals surface area contributed by atoms with Gasteiger partial charge in [0.1, 0.15) is 5.82 Å². The van der Waals surface area contributed by atoms with E-state index in [9.17, 15) is 28.4 Å². The average Bonchev–Trinajstić information content (AvgIpc) is 2.87. The van der Waals surface area contributed by atoms with Crippen LogP contribution in [0, 0.1) is 5.82 Å². The number of aliphatic carboxylic acids is 1. The van der Waals surface area contributed by atoms with Crippen LogP contribution in [0.3, 0.4) is 0 Å². The number of benzene rings is 3. The topological polar surface area (TPSA) is 123 Å². The molecule has 1 heterocycles. The molecular weight excluding hydrogens is 467 g/mol. The molecule has 0 aliphatic rings. The molecule has 0 unspecified atom stereocenters. The summed E-state index contributed by atoms with van der Waals surface area (Å²) in [6.07, 6.45) is 0.260. The fourth-order valence-corrected chi connectivity index (χ4v) is 3.70. The van der Waals surface area contributed by atoms with E-state index in [-0.39, 0.29) is 23.1 Å². The molecular formula is C27H19FN2O6. The Labute approximate surface area is 203 Å². The first kappa shape index (κ1) is 24.2. The fraction of sp³-hybridized carbons (Fsp3) is 0.0741. The van der Waals surface area contributed by atoms with Gasteiger partial charge in [-0.2, -0.15) is 0 Å². The summed E-state index contributed by atoms with van der Waals surface area (Å²) in [5.41, 5.74) is 0.627. The number of aromatic nitrogens is 1.